The van der Waals surface area contributed by atoms with E-state index in [0.29, 0.717) is 11.1 Å². The standard InChI is InChI=1S/C19H24N4O3/c1-12(2)17(18-20-8-10-22(18)4)21-16(24)7-9-23-14-11-13(3)5-6-15(14)26-19(23)25/h5-6,8,10-12,17H,7,9H2,1-4H3,(H,21,24)/t17-/m1/s1. The molecule has 0 bridgehead atoms. The lowest BCUT2D eigenvalue weighted by molar-refractivity contribution is -0.122. The Labute approximate surface area is 151 Å². The number of aromatic nitrogens is 3. The van der Waals surface area contributed by atoms with Gasteiger partial charge in [-0.3, -0.25) is 9.36 Å². The first-order valence-electron chi connectivity index (χ1n) is 8.73. The first-order chi connectivity index (χ1) is 12.4. The van der Waals surface area contributed by atoms with Crippen molar-refractivity contribution in [1.29, 1.82) is 0 Å². The van der Waals surface area contributed by atoms with Crippen LogP contribution in [0.15, 0.2) is 39.8 Å². The van der Waals surface area contributed by atoms with Gasteiger partial charge in [0.15, 0.2) is 5.58 Å². The van der Waals surface area contributed by atoms with Crippen LogP contribution in [-0.2, 0) is 18.4 Å². The maximum Gasteiger partial charge on any atom is 0.419 e. The average Bonchev–Trinajstić information content (AvgIpc) is 3.13. The van der Waals surface area contributed by atoms with Gasteiger partial charge in [-0.15, -0.1) is 0 Å². The number of fused-ring (bicyclic) bond motifs is 1. The van der Waals surface area contributed by atoms with E-state index in [1.165, 1.54) is 4.57 Å². The summed E-state index contributed by atoms with van der Waals surface area (Å²) in [7, 11) is 1.91. The molecule has 2 aromatic heterocycles. The third-order valence-corrected chi connectivity index (χ3v) is 4.51. The average molecular weight is 356 g/mol. The summed E-state index contributed by atoms with van der Waals surface area (Å²) in [5, 5.41) is 3.03. The Bertz CT molecular complexity index is 980. The molecule has 0 saturated carbocycles. The summed E-state index contributed by atoms with van der Waals surface area (Å²) in [6.45, 7) is 6.30. The van der Waals surface area contributed by atoms with Crippen LogP contribution in [0, 0.1) is 12.8 Å². The molecule has 1 aromatic carbocycles. The topological polar surface area (TPSA) is 82.1 Å². The second kappa shape index (κ2) is 7.19. The number of nitrogens with zero attached hydrogens (tertiary/aromatic N) is 3. The minimum Gasteiger partial charge on any atom is -0.408 e. The maximum atomic E-state index is 12.5. The molecule has 0 aliphatic heterocycles. The first-order valence-corrected chi connectivity index (χ1v) is 8.73. The predicted molar refractivity (Wildman–Crippen MR) is 98.8 cm³/mol. The van der Waals surface area contributed by atoms with Gasteiger partial charge < -0.3 is 14.3 Å². The highest BCUT2D eigenvalue weighted by Gasteiger charge is 2.22. The van der Waals surface area contributed by atoms with Crippen molar-refractivity contribution in [3.8, 4) is 0 Å². The lowest BCUT2D eigenvalue weighted by atomic mass is 10.0. The second-order valence-corrected chi connectivity index (χ2v) is 6.93. The van der Waals surface area contributed by atoms with E-state index >= 15 is 0 Å². The van der Waals surface area contributed by atoms with E-state index in [1.54, 1.807) is 12.3 Å². The molecule has 0 aliphatic carbocycles. The van der Waals surface area contributed by atoms with Crippen molar-refractivity contribution in [2.45, 2.75) is 39.8 Å². The van der Waals surface area contributed by atoms with E-state index in [-0.39, 0.29) is 30.8 Å². The van der Waals surface area contributed by atoms with Crippen LogP contribution < -0.4 is 11.1 Å². The van der Waals surface area contributed by atoms with Crippen LogP contribution in [0.1, 0.15) is 37.7 Å². The summed E-state index contributed by atoms with van der Waals surface area (Å²) in [5.74, 6) is 0.443. The van der Waals surface area contributed by atoms with Gasteiger partial charge in [-0.25, -0.2) is 9.78 Å². The highest BCUT2D eigenvalue weighted by atomic mass is 16.4. The van der Waals surface area contributed by atoms with Gasteiger partial charge in [0.2, 0.25) is 5.91 Å². The number of oxazole rings is 1. The van der Waals surface area contributed by atoms with Crippen molar-refractivity contribution < 1.29 is 9.21 Å². The summed E-state index contributed by atoms with van der Waals surface area (Å²) >= 11 is 0. The zero-order valence-electron chi connectivity index (χ0n) is 15.5. The fraction of sp³-hybridized carbons (Fsp3) is 0.421. The lowest BCUT2D eigenvalue weighted by Gasteiger charge is -2.22. The number of imidazole rings is 1. The van der Waals surface area contributed by atoms with E-state index in [9.17, 15) is 9.59 Å². The highest BCUT2D eigenvalue weighted by Crippen LogP contribution is 2.20. The van der Waals surface area contributed by atoms with Gasteiger partial charge in [0.1, 0.15) is 5.82 Å². The first kappa shape index (κ1) is 18.0. The Morgan fingerprint density at radius 2 is 2.12 bits per heavy atom. The Morgan fingerprint density at radius 1 is 1.35 bits per heavy atom. The van der Waals surface area contributed by atoms with Crippen molar-refractivity contribution in [2.75, 3.05) is 0 Å². The van der Waals surface area contributed by atoms with E-state index in [2.05, 4.69) is 10.3 Å². The Balaban J connectivity index is 1.73. The molecule has 0 saturated heterocycles. The van der Waals surface area contributed by atoms with Crippen molar-refractivity contribution in [3.63, 3.8) is 0 Å². The molecule has 3 rings (SSSR count). The molecule has 26 heavy (non-hydrogen) atoms. The van der Waals surface area contributed by atoms with Crippen molar-refractivity contribution >= 4 is 17.0 Å². The molecule has 2 heterocycles. The number of hydrogen-bond donors (Lipinski definition) is 1. The number of nitrogens with one attached hydrogen (secondary N) is 1. The summed E-state index contributed by atoms with van der Waals surface area (Å²) in [5.41, 5.74) is 2.28. The second-order valence-electron chi connectivity index (χ2n) is 6.93. The number of carbonyl (C=O) groups excluding carboxylic acids is 1. The summed E-state index contributed by atoms with van der Waals surface area (Å²) < 4.78 is 8.65. The number of benzene rings is 1. The molecule has 3 aromatic rings. The third kappa shape index (κ3) is 3.56. The summed E-state index contributed by atoms with van der Waals surface area (Å²) in [6, 6.07) is 5.38. The quantitative estimate of drug-likeness (QED) is 0.736. The number of hydrogen-bond acceptors (Lipinski definition) is 4. The van der Waals surface area contributed by atoms with Crippen molar-refractivity contribution in [2.24, 2.45) is 13.0 Å². The van der Waals surface area contributed by atoms with Crippen molar-refractivity contribution in [1.82, 2.24) is 19.4 Å². The van der Waals surface area contributed by atoms with Crippen LogP contribution in [0.4, 0.5) is 0 Å². The molecule has 1 atom stereocenters. The molecule has 0 radical (unpaired) electrons. The van der Waals surface area contributed by atoms with Crippen LogP contribution >= 0.6 is 0 Å². The van der Waals surface area contributed by atoms with Crippen LogP contribution in [0.5, 0.6) is 0 Å². The van der Waals surface area contributed by atoms with E-state index in [4.69, 9.17) is 4.42 Å². The third-order valence-electron chi connectivity index (χ3n) is 4.51. The minimum atomic E-state index is -0.442. The van der Waals surface area contributed by atoms with E-state index < -0.39 is 5.76 Å². The predicted octanol–water partition coefficient (Wildman–Crippen LogP) is 2.54. The Hall–Kier alpha value is -2.83. The highest BCUT2D eigenvalue weighted by molar-refractivity contribution is 5.77. The smallest absolute Gasteiger partial charge is 0.408 e. The van der Waals surface area contributed by atoms with Gasteiger partial charge in [0, 0.05) is 32.4 Å². The SMILES string of the molecule is Cc1ccc2oc(=O)n(CCC(=O)N[C@@H](c3nccn3C)C(C)C)c2c1. The Kier molecular flexibility index (Phi) is 4.97. The number of rotatable bonds is 6. The molecular weight excluding hydrogens is 332 g/mol. The number of amides is 1. The normalized spacial score (nSPS) is 12.7. The number of aryl methyl sites for hydroxylation is 3. The van der Waals surface area contributed by atoms with Crippen LogP contribution in [0.25, 0.3) is 11.1 Å². The van der Waals surface area contributed by atoms with Gasteiger partial charge in [-0.05, 0) is 30.5 Å². The molecular formula is C19H24N4O3. The van der Waals surface area contributed by atoms with Gasteiger partial charge in [-0.1, -0.05) is 19.9 Å². The fourth-order valence-electron chi connectivity index (χ4n) is 3.05. The largest absolute Gasteiger partial charge is 0.419 e. The summed E-state index contributed by atoms with van der Waals surface area (Å²) in [6.07, 6.45) is 3.77. The van der Waals surface area contributed by atoms with Gasteiger partial charge in [-0.2, -0.15) is 0 Å². The Morgan fingerprint density at radius 3 is 2.77 bits per heavy atom. The minimum absolute atomic E-state index is 0.124. The van der Waals surface area contributed by atoms with E-state index in [1.807, 2.05) is 50.7 Å². The number of carbonyl (C=O) groups is 1. The molecule has 0 spiro atoms. The molecule has 0 unspecified atom stereocenters. The maximum absolute atomic E-state index is 12.5. The van der Waals surface area contributed by atoms with Gasteiger partial charge in [0.05, 0.1) is 11.6 Å². The molecule has 138 valence electrons. The zero-order chi connectivity index (χ0) is 18.8. The molecule has 1 N–H and O–H groups in total. The van der Waals surface area contributed by atoms with Crippen LogP contribution in [0.2, 0.25) is 0 Å². The molecule has 7 heteroatoms. The molecule has 0 aliphatic rings. The van der Waals surface area contributed by atoms with Crippen LogP contribution in [0.3, 0.4) is 0 Å². The summed E-state index contributed by atoms with van der Waals surface area (Å²) in [4.78, 5) is 28.9. The van der Waals surface area contributed by atoms with Gasteiger partial charge >= 0.3 is 5.76 Å². The lowest BCUT2D eigenvalue weighted by Crippen LogP contribution is -2.34. The molecule has 0 fully saturated rings. The monoisotopic (exact) mass is 356 g/mol. The van der Waals surface area contributed by atoms with Crippen molar-refractivity contribution in [3.05, 3.63) is 52.5 Å². The fourth-order valence-corrected chi connectivity index (χ4v) is 3.05. The zero-order valence-corrected chi connectivity index (χ0v) is 15.5. The van der Waals surface area contributed by atoms with Crippen LogP contribution in [-0.4, -0.2) is 20.0 Å². The molecule has 7 nitrogen and oxygen atoms in total. The van der Waals surface area contributed by atoms with E-state index in [0.717, 1.165) is 11.4 Å². The van der Waals surface area contributed by atoms with Gasteiger partial charge in [0.25, 0.3) is 0 Å². The molecule has 1 amide bonds.